The molecular formula is C24H27NO. The van der Waals surface area contributed by atoms with Crippen molar-refractivity contribution in [1.29, 1.82) is 0 Å². The van der Waals surface area contributed by atoms with Crippen molar-refractivity contribution in [2.75, 3.05) is 0 Å². The van der Waals surface area contributed by atoms with Gasteiger partial charge in [0, 0.05) is 17.2 Å². The first kappa shape index (κ1) is 18.2. The van der Waals surface area contributed by atoms with Crippen LogP contribution in [0.3, 0.4) is 0 Å². The number of benzene rings is 3. The number of phenolic OH excluding ortho intramolecular Hbond substituents is 1. The van der Waals surface area contributed by atoms with Crippen LogP contribution in [0.5, 0.6) is 5.75 Å². The molecule has 0 saturated heterocycles. The van der Waals surface area contributed by atoms with Gasteiger partial charge in [0.25, 0.3) is 0 Å². The average molecular weight is 345 g/mol. The quantitative estimate of drug-likeness (QED) is 0.515. The first-order valence-corrected chi connectivity index (χ1v) is 9.28. The van der Waals surface area contributed by atoms with Gasteiger partial charge in [-0.15, -0.1) is 0 Å². The van der Waals surface area contributed by atoms with Crippen LogP contribution < -0.4 is 0 Å². The van der Waals surface area contributed by atoms with E-state index in [1.807, 2.05) is 36.5 Å². The van der Waals surface area contributed by atoms with Crippen molar-refractivity contribution in [3.05, 3.63) is 70.8 Å². The molecule has 0 spiro atoms. The second-order valence-electron chi connectivity index (χ2n) is 7.53. The molecule has 0 radical (unpaired) electrons. The standard InChI is InChI=1S/C24H27NO/c1-15(2)19-11-8-12-20(16(3)4)23(19)25-14-18-13-17(5)21-9-6-7-10-22(21)24(18)26/h6-16,26H,1-5H3. The van der Waals surface area contributed by atoms with Crippen molar-refractivity contribution in [3.8, 4) is 5.75 Å². The third-order valence-electron chi connectivity index (χ3n) is 4.93. The van der Waals surface area contributed by atoms with E-state index in [1.165, 1.54) is 11.1 Å². The average Bonchev–Trinajstić information content (AvgIpc) is 2.63. The number of rotatable bonds is 4. The van der Waals surface area contributed by atoms with Gasteiger partial charge >= 0.3 is 0 Å². The summed E-state index contributed by atoms with van der Waals surface area (Å²) in [5, 5.41) is 12.7. The Hall–Kier alpha value is -2.61. The van der Waals surface area contributed by atoms with E-state index in [-0.39, 0.29) is 0 Å². The Morgan fingerprint density at radius 1 is 0.846 bits per heavy atom. The molecule has 0 fully saturated rings. The van der Waals surface area contributed by atoms with E-state index in [0.29, 0.717) is 17.6 Å². The molecule has 0 aliphatic carbocycles. The maximum absolute atomic E-state index is 10.7. The van der Waals surface area contributed by atoms with Gasteiger partial charge in [-0.1, -0.05) is 70.2 Å². The molecule has 0 bridgehead atoms. The van der Waals surface area contributed by atoms with Crippen LogP contribution in [0.25, 0.3) is 10.8 Å². The number of aryl methyl sites for hydroxylation is 1. The van der Waals surface area contributed by atoms with Gasteiger partial charge in [0.2, 0.25) is 0 Å². The van der Waals surface area contributed by atoms with Crippen LogP contribution >= 0.6 is 0 Å². The lowest BCUT2D eigenvalue weighted by atomic mass is 9.93. The lowest BCUT2D eigenvalue weighted by molar-refractivity contribution is 0.481. The largest absolute Gasteiger partial charge is 0.507 e. The molecule has 0 atom stereocenters. The summed E-state index contributed by atoms with van der Waals surface area (Å²) in [6.45, 7) is 10.8. The van der Waals surface area contributed by atoms with Gasteiger partial charge in [0.05, 0.1) is 5.69 Å². The Labute approximate surface area is 156 Å². The molecule has 26 heavy (non-hydrogen) atoms. The summed E-state index contributed by atoms with van der Waals surface area (Å²) in [6.07, 6.45) is 1.81. The fourth-order valence-corrected chi connectivity index (χ4v) is 3.46. The van der Waals surface area contributed by atoms with Gasteiger partial charge in [-0.05, 0) is 46.9 Å². The number of aliphatic imine (C=N–C) groups is 1. The Kier molecular flexibility index (Phi) is 5.13. The molecule has 2 heteroatoms. The minimum Gasteiger partial charge on any atom is -0.507 e. The molecule has 3 aromatic rings. The summed E-state index contributed by atoms with van der Waals surface area (Å²) >= 11 is 0. The molecule has 0 aliphatic rings. The molecular weight excluding hydrogens is 318 g/mol. The van der Waals surface area contributed by atoms with Crippen molar-refractivity contribution in [3.63, 3.8) is 0 Å². The fourth-order valence-electron chi connectivity index (χ4n) is 3.46. The Morgan fingerprint density at radius 2 is 1.42 bits per heavy atom. The third-order valence-corrected chi connectivity index (χ3v) is 4.93. The number of fused-ring (bicyclic) bond motifs is 1. The summed E-state index contributed by atoms with van der Waals surface area (Å²) in [6, 6.07) is 16.4. The lowest BCUT2D eigenvalue weighted by Crippen LogP contribution is -1.96. The molecule has 0 unspecified atom stereocenters. The second-order valence-corrected chi connectivity index (χ2v) is 7.53. The van der Waals surface area contributed by atoms with E-state index < -0.39 is 0 Å². The number of aromatic hydroxyl groups is 1. The van der Waals surface area contributed by atoms with Gasteiger partial charge < -0.3 is 5.11 Å². The zero-order valence-electron chi connectivity index (χ0n) is 16.2. The molecule has 0 aromatic heterocycles. The maximum Gasteiger partial charge on any atom is 0.132 e. The van der Waals surface area contributed by atoms with Crippen molar-refractivity contribution in [1.82, 2.24) is 0 Å². The Balaban J connectivity index is 2.14. The lowest BCUT2D eigenvalue weighted by Gasteiger charge is -2.16. The zero-order valence-corrected chi connectivity index (χ0v) is 16.2. The monoisotopic (exact) mass is 345 g/mol. The normalized spacial score (nSPS) is 12.0. The van der Waals surface area contributed by atoms with Crippen molar-refractivity contribution in [2.24, 2.45) is 4.99 Å². The number of para-hydroxylation sites is 1. The number of hydrogen-bond donors (Lipinski definition) is 1. The van der Waals surface area contributed by atoms with Gasteiger partial charge in [-0.2, -0.15) is 0 Å². The summed E-state index contributed by atoms with van der Waals surface area (Å²) < 4.78 is 0. The molecule has 3 rings (SSSR count). The maximum atomic E-state index is 10.7. The highest BCUT2D eigenvalue weighted by molar-refractivity contribution is 5.99. The summed E-state index contributed by atoms with van der Waals surface area (Å²) in [4.78, 5) is 4.84. The van der Waals surface area contributed by atoms with Crippen LogP contribution in [0.2, 0.25) is 0 Å². The fraction of sp³-hybridized carbons (Fsp3) is 0.292. The van der Waals surface area contributed by atoms with E-state index in [2.05, 4.69) is 52.8 Å². The number of nitrogens with zero attached hydrogens (tertiary/aromatic N) is 1. The molecule has 0 saturated carbocycles. The first-order chi connectivity index (χ1) is 12.4. The Bertz CT molecular complexity index is 941. The first-order valence-electron chi connectivity index (χ1n) is 9.28. The van der Waals surface area contributed by atoms with Gasteiger partial charge in [-0.25, -0.2) is 0 Å². The highest BCUT2D eigenvalue weighted by atomic mass is 16.3. The molecule has 0 heterocycles. The van der Waals surface area contributed by atoms with Gasteiger partial charge in [-0.3, -0.25) is 4.99 Å². The third kappa shape index (κ3) is 3.37. The highest BCUT2D eigenvalue weighted by Crippen LogP contribution is 2.36. The van der Waals surface area contributed by atoms with E-state index in [9.17, 15) is 5.11 Å². The molecule has 3 aromatic carbocycles. The van der Waals surface area contributed by atoms with Crippen molar-refractivity contribution >= 4 is 22.7 Å². The number of hydrogen-bond acceptors (Lipinski definition) is 2. The van der Waals surface area contributed by atoms with E-state index in [1.54, 1.807) is 0 Å². The smallest absolute Gasteiger partial charge is 0.132 e. The van der Waals surface area contributed by atoms with Crippen LogP contribution in [0.1, 0.15) is 61.8 Å². The summed E-state index contributed by atoms with van der Waals surface area (Å²) in [7, 11) is 0. The minimum absolute atomic E-state index is 0.295. The van der Waals surface area contributed by atoms with Crippen LogP contribution in [0.4, 0.5) is 5.69 Å². The second kappa shape index (κ2) is 7.33. The van der Waals surface area contributed by atoms with Crippen molar-refractivity contribution < 1.29 is 5.11 Å². The Morgan fingerprint density at radius 3 is 2.00 bits per heavy atom. The van der Waals surface area contributed by atoms with E-state index >= 15 is 0 Å². The summed E-state index contributed by atoms with van der Waals surface area (Å²) in [5.74, 6) is 1.09. The molecule has 0 amide bonds. The molecule has 2 nitrogen and oxygen atoms in total. The van der Waals surface area contributed by atoms with Crippen molar-refractivity contribution in [2.45, 2.75) is 46.5 Å². The van der Waals surface area contributed by atoms with E-state index in [4.69, 9.17) is 4.99 Å². The van der Waals surface area contributed by atoms with Gasteiger partial charge in [0.15, 0.2) is 0 Å². The predicted molar refractivity (Wildman–Crippen MR) is 112 cm³/mol. The van der Waals surface area contributed by atoms with Crippen LogP contribution in [0.15, 0.2) is 53.5 Å². The summed E-state index contributed by atoms with van der Waals surface area (Å²) in [5.41, 5.74) is 5.41. The van der Waals surface area contributed by atoms with E-state index in [0.717, 1.165) is 27.6 Å². The number of phenols is 1. The molecule has 0 aliphatic heterocycles. The minimum atomic E-state index is 0.295. The predicted octanol–water partition coefficient (Wildman–Crippen LogP) is 6.85. The topological polar surface area (TPSA) is 32.6 Å². The zero-order chi connectivity index (χ0) is 18.8. The van der Waals surface area contributed by atoms with Crippen LogP contribution in [-0.2, 0) is 0 Å². The molecule has 134 valence electrons. The highest BCUT2D eigenvalue weighted by Gasteiger charge is 2.13. The molecule has 1 N–H and O–H groups in total. The van der Waals surface area contributed by atoms with Crippen LogP contribution in [-0.4, -0.2) is 11.3 Å². The SMILES string of the molecule is Cc1cc(C=Nc2c(C(C)C)cccc2C(C)C)c(O)c2ccccc12. The van der Waals surface area contributed by atoms with Gasteiger partial charge in [0.1, 0.15) is 5.75 Å². The van der Waals surface area contributed by atoms with Crippen LogP contribution in [0, 0.1) is 6.92 Å².